The zero-order valence-electron chi connectivity index (χ0n) is 6.86. The molecule has 0 aromatic rings. The van der Waals surface area contributed by atoms with Crippen molar-refractivity contribution in [2.24, 2.45) is 0 Å². The number of halogens is 1. The zero-order valence-corrected chi connectivity index (χ0v) is 8.61. The molecule has 0 aromatic heterocycles. The van der Waals surface area contributed by atoms with Crippen LogP contribution in [0.4, 0.5) is 0 Å². The van der Waals surface area contributed by atoms with E-state index in [1.54, 1.807) is 0 Å². The van der Waals surface area contributed by atoms with Crippen LogP contribution in [0.2, 0.25) is 19.6 Å². The maximum absolute atomic E-state index is 5.31. The first-order valence-electron chi connectivity index (χ1n) is 3.37. The zero-order chi connectivity index (χ0) is 8.04. The predicted molar refractivity (Wildman–Crippen MR) is 49.2 cm³/mol. The molecule has 0 saturated carbocycles. The highest BCUT2D eigenvalue weighted by molar-refractivity contribution is 6.80. The van der Waals surface area contributed by atoms with Crippen LogP contribution < -0.4 is 0 Å². The highest BCUT2D eigenvalue weighted by atomic mass is 35.5. The Kier molecular flexibility index (Phi) is 5.04. The van der Waals surface area contributed by atoms with Crippen molar-refractivity contribution in [1.82, 2.24) is 0 Å². The van der Waals surface area contributed by atoms with Gasteiger partial charge in [0.05, 0.1) is 14.7 Å². The second-order valence-electron chi connectivity index (χ2n) is 3.25. The summed E-state index contributed by atoms with van der Waals surface area (Å²) < 4.78 is 4.93. The van der Waals surface area contributed by atoms with Gasteiger partial charge < -0.3 is 4.74 Å². The maximum Gasteiger partial charge on any atom is 0.121 e. The molecule has 10 heavy (non-hydrogen) atoms. The fourth-order valence-electron chi connectivity index (χ4n) is 0.514. The van der Waals surface area contributed by atoms with Gasteiger partial charge in [-0.05, 0) is 0 Å². The fraction of sp³-hybridized carbons (Fsp3) is 0.714. The minimum atomic E-state index is -1.01. The monoisotopic (exact) mass is 178 g/mol. The Morgan fingerprint density at radius 2 is 2.00 bits per heavy atom. The van der Waals surface area contributed by atoms with E-state index in [-0.39, 0.29) is 6.07 Å². The van der Waals surface area contributed by atoms with Gasteiger partial charge in [-0.25, -0.2) is 0 Å². The van der Waals surface area contributed by atoms with Crippen LogP contribution >= 0.6 is 11.6 Å². The Morgan fingerprint density at radius 1 is 1.40 bits per heavy atom. The average molecular weight is 179 g/mol. The number of rotatable bonds is 4. The maximum atomic E-state index is 5.31. The van der Waals surface area contributed by atoms with Gasteiger partial charge in [0, 0.05) is 0 Å². The van der Waals surface area contributed by atoms with Gasteiger partial charge in [0.2, 0.25) is 0 Å². The summed E-state index contributed by atoms with van der Waals surface area (Å²) in [5.74, 6) is 0. The minimum absolute atomic E-state index is 0.288. The van der Waals surface area contributed by atoms with E-state index in [1.165, 1.54) is 0 Å². The fourth-order valence-corrected chi connectivity index (χ4v) is 1.41. The van der Waals surface area contributed by atoms with E-state index in [2.05, 4.69) is 31.4 Å². The number of ether oxygens (including phenoxy) is 1. The van der Waals surface area contributed by atoms with Crippen LogP contribution in [0.15, 0.2) is 11.8 Å². The molecule has 0 fully saturated rings. The topological polar surface area (TPSA) is 9.23 Å². The molecule has 1 nitrogen and oxygen atoms in total. The number of hydrogen-bond acceptors (Lipinski definition) is 1. The van der Waals surface area contributed by atoms with Crippen LogP contribution in [0.25, 0.3) is 0 Å². The minimum Gasteiger partial charge on any atom is -0.362 e. The molecule has 0 unspecified atom stereocenters. The summed E-state index contributed by atoms with van der Waals surface area (Å²) in [7, 11) is -1.01. The predicted octanol–water partition coefficient (Wildman–Crippen LogP) is 2.63. The molecule has 60 valence electrons. The molecule has 3 heteroatoms. The van der Waals surface area contributed by atoms with Crippen LogP contribution in [-0.4, -0.2) is 20.7 Å². The van der Waals surface area contributed by atoms with Gasteiger partial charge in [0.25, 0.3) is 0 Å². The van der Waals surface area contributed by atoms with E-state index in [1.807, 2.05) is 0 Å². The summed E-state index contributed by atoms with van der Waals surface area (Å²) in [6.07, 6.45) is 2.05. The molecule has 0 heterocycles. The molecular weight excluding hydrogens is 164 g/mol. The first-order valence-corrected chi connectivity index (χ1v) is 7.49. The number of alkyl halides is 1. The summed E-state index contributed by atoms with van der Waals surface area (Å²) in [6.45, 7) is 7.49. The van der Waals surface area contributed by atoms with Crippen LogP contribution in [0.3, 0.4) is 0 Å². The molecule has 0 saturated heterocycles. The van der Waals surface area contributed by atoms with Crippen molar-refractivity contribution in [1.29, 1.82) is 0 Å². The van der Waals surface area contributed by atoms with Crippen LogP contribution in [-0.2, 0) is 4.74 Å². The van der Waals surface area contributed by atoms with Crippen LogP contribution in [0, 0.1) is 0 Å². The van der Waals surface area contributed by atoms with Gasteiger partial charge in [-0.2, -0.15) is 0 Å². The molecule has 0 N–H and O–H groups in total. The normalized spacial score (nSPS) is 12.8. The second kappa shape index (κ2) is 4.94. The van der Waals surface area contributed by atoms with Crippen molar-refractivity contribution in [3.05, 3.63) is 11.8 Å². The third kappa shape index (κ3) is 8.21. The Balaban J connectivity index is 3.37. The largest absolute Gasteiger partial charge is 0.362 e. The van der Waals surface area contributed by atoms with Crippen LogP contribution in [0.1, 0.15) is 0 Å². The lowest BCUT2D eigenvalue weighted by Gasteiger charge is -2.07. The van der Waals surface area contributed by atoms with Crippen molar-refractivity contribution >= 4 is 19.7 Å². The van der Waals surface area contributed by atoms with Gasteiger partial charge in [-0.3, -0.25) is 0 Å². The van der Waals surface area contributed by atoms with Crippen molar-refractivity contribution in [2.45, 2.75) is 19.6 Å². The highest BCUT2D eigenvalue weighted by Gasteiger charge is 2.05. The van der Waals surface area contributed by atoms with Crippen LogP contribution in [0.5, 0.6) is 0 Å². The van der Waals surface area contributed by atoms with Crippen molar-refractivity contribution in [2.75, 3.05) is 12.7 Å². The summed E-state index contributed by atoms with van der Waals surface area (Å²) in [4.78, 5) is 0. The molecule has 0 aromatic carbocycles. The van der Waals surface area contributed by atoms with Crippen molar-refractivity contribution < 1.29 is 4.74 Å². The van der Waals surface area contributed by atoms with Gasteiger partial charge in [-0.1, -0.05) is 43.0 Å². The first-order chi connectivity index (χ1) is 4.56. The molecule has 0 atom stereocenters. The summed E-state index contributed by atoms with van der Waals surface area (Å²) >= 11 is 5.31. The van der Waals surface area contributed by atoms with Gasteiger partial charge in [-0.15, -0.1) is 0 Å². The third-order valence-electron chi connectivity index (χ3n) is 0.909. The van der Waals surface area contributed by atoms with E-state index >= 15 is 0 Å². The van der Waals surface area contributed by atoms with E-state index in [0.717, 1.165) is 0 Å². The number of hydrogen-bond donors (Lipinski definition) is 0. The molecule has 0 radical (unpaired) electrons. The average Bonchev–Trinajstić information content (AvgIpc) is 1.78. The molecule has 0 aliphatic heterocycles. The molecule has 0 aliphatic rings. The third-order valence-corrected chi connectivity index (χ3v) is 2.30. The quantitative estimate of drug-likeness (QED) is 0.366. The molecular formula is C7H15ClOSi. The van der Waals surface area contributed by atoms with E-state index in [0.29, 0.717) is 6.61 Å². The Hall–Kier alpha value is 0.207. The van der Waals surface area contributed by atoms with Crippen molar-refractivity contribution in [3.63, 3.8) is 0 Å². The highest BCUT2D eigenvalue weighted by Crippen LogP contribution is 2.01. The lowest BCUT2D eigenvalue weighted by Crippen LogP contribution is -2.15. The standard InChI is InChI=1S/C7H15ClOSi/c1-10(2,3)6-4-5-9-7-8/h4,6H,5,7H2,1-3H3/b6-4+. The summed E-state index contributed by atoms with van der Waals surface area (Å²) in [5.41, 5.74) is 2.25. The second-order valence-corrected chi connectivity index (χ2v) is 8.53. The van der Waals surface area contributed by atoms with Gasteiger partial charge >= 0.3 is 0 Å². The molecule has 0 aliphatic carbocycles. The Bertz CT molecular complexity index is 107. The van der Waals surface area contributed by atoms with Gasteiger partial charge in [0.15, 0.2) is 0 Å². The SMILES string of the molecule is C[Si](C)(C)/C=C/COCCl. The molecule has 0 amide bonds. The Labute approximate surface area is 69.0 Å². The lowest BCUT2D eigenvalue weighted by molar-refractivity contribution is 0.212. The molecule has 0 spiro atoms. The van der Waals surface area contributed by atoms with Gasteiger partial charge in [0.1, 0.15) is 6.07 Å². The summed E-state index contributed by atoms with van der Waals surface area (Å²) in [5, 5.41) is 0. The molecule has 0 rings (SSSR count). The smallest absolute Gasteiger partial charge is 0.121 e. The van der Waals surface area contributed by atoms with E-state index < -0.39 is 8.07 Å². The van der Waals surface area contributed by atoms with E-state index in [9.17, 15) is 0 Å². The Morgan fingerprint density at radius 3 is 2.40 bits per heavy atom. The van der Waals surface area contributed by atoms with E-state index in [4.69, 9.17) is 16.3 Å². The van der Waals surface area contributed by atoms with Crippen molar-refractivity contribution in [3.8, 4) is 0 Å². The first kappa shape index (κ1) is 10.2. The molecule has 0 bridgehead atoms. The lowest BCUT2D eigenvalue weighted by atomic mass is 10.7. The summed E-state index contributed by atoms with van der Waals surface area (Å²) in [6, 6.07) is 0.288.